The third-order valence-corrected chi connectivity index (χ3v) is 7.66. The van der Waals surface area contributed by atoms with E-state index >= 15 is 0 Å². The summed E-state index contributed by atoms with van der Waals surface area (Å²) in [6, 6.07) is 12.3. The lowest BCUT2D eigenvalue weighted by atomic mass is 10.1. The average molecular weight is 471 g/mol. The van der Waals surface area contributed by atoms with Gasteiger partial charge in [0.25, 0.3) is 20.2 Å². The molecule has 2 aromatic carbocycles. The molecule has 0 aliphatic carbocycles. The van der Waals surface area contributed by atoms with Crippen LogP contribution in [0.2, 0.25) is 0 Å². The van der Waals surface area contributed by atoms with Gasteiger partial charge in [0.2, 0.25) is 0 Å². The predicted molar refractivity (Wildman–Crippen MR) is 112 cm³/mol. The first kappa shape index (κ1) is 23.8. The van der Waals surface area contributed by atoms with Crippen LogP contribution in [0.3, 0.4) is 0 Å². The molecular formula is C21H26O8S2. The molecule has 3 rings (SSSR count). The van der Waals surface area contributed by atoms with E-state index in [1.165, 1.54) is 24.3 Å². The summed E-state index contributed by atoms with van der Waals surface area (Å²) in [7, 11) is -8.44. The summed E-state index contributed by atoms with van der Waals surface area (Å²) in [5.41, 5.74) is 1.77. The van der Waals surface area contributed by atoms with E-state index in [4.69, 9.17) is 17.8 Å². The van der Waals surface area contributed by atoms with Crippen LogP contribution in [0.4, 0.5) is 0 Å². The number of benzene rings is 2. The van der Waals surface area contributed by atoms with Gasteiger partial charge in [0.05, 0.1) is 22.0 Å². The molecule has 2 aromatic rings. The van der Waals surface area contributed by atoms with E-state index in [0.717, 1.165) is 11.1 Å². The average Bonchev–Trinajstić information content (AvgIpc) is 2.82. The van der Waals surface area contributed by atoms with Crippen LogP contribution in [0.15, 0.2) is 58.3 Å². The van der Waals surface area contributed by atoms with E-state index in [1.807, 2.05) is 13.8 Å². The maximum absolute atomic E-state index is 12.9. The monoisotopic (exact) mass is 470 g/mol. The first-order valence-electron chi connectivity index (χ1n) is 9.73. The minimum absolute atomic E-state index is 0.0525. The molecule has 0 radical (unpaired) electrons. The van der Waals surface area contributed by atoms with Crippen LogP contribution in [0.1, 0.15) is 25.0 Å². The molecule has 0 aromatic heterocycles. The Morgan fingerprint density at radius 1 is 0.677 bits per heavy atom. The number of hydrogen-bond acceptors (Lipinski definition) is 8. The zero-order valence-electron chi connectivity index (χ0n) is 17.7. The highest BCUT2D eigenvalue weighted by Gasteiger charge is 2.43. The second-order valence-corrected chi connectivity index (χ2v) is 10.7. The lowest BCUT2D eigenvalue weighted by Gasteiger charge is -2.29. The maximum Gasteiger partial charge on any atom is 0.297 e. The number of hydrogen-bond donors (Lipinski definition) is 0. The molecule has 1 saturated heterocycles. The summed E-state index contributed by atoms with van der Waals surface area (Å²) in [5.74, 6) is 0. The highest BCUT2D eigenvalue weighted by Crippen LogP contribution is 2.28. The molecule has 0 bridgehead atoms. The number of ether oxygens (including phenoxy) is 2. The van der Waals surface area contributed by atoms with E-state index in [-0.39, 0.29) is 16.6 Å². The Hall–Kier alpha value is -1.82. The van der Waals surface area contributed by atoms with Gasteiger partial charge in [0.15, 0.2) is 0 Å². The van der Waals surface area contributed by atoms with Gasteiger partial charge < -0.3 is 9.47 Å². The summed E-state index contributed by atoms with van der Waals surface area (Å²) in [6.45, 7) is 6.66. The van der Waals surface area contributed by atoms with E-state index in [2.05, 4.69) is 0 Å². The van der Waals surface area contributed by atoms with Crippen molar-refractivity contribution in [1.29, 1.82) is 0 Å². The highest BCUT2D eigenvalue weighted by atomic mass is 32.2. The SMILES string of the molecule is Cc1ccc(S(=O)(=O)OC2C(C)OCOC(C)C2OS(=O)(=O)c2ccc(C)cc2)cc1. The van der Waals surface area contributed by atoms with E-state index in [0.29, 0.717) is 0 Å². The minimum Gasteiger partial charge on any atom is -0.350 e. The van der Waals surface area contributed by atoms with Gasteiger partial charge in [-0.1, -0.05) is 35.4 Å². The van der Waals surface area contributed by atoms with Gasteiger partial charge >= 0.3 is 0 Å². The molecular weight excluding hydrogens is 444 g/mol. The Morgan fingerprint density at radius 3 is 1.32 bits per heavy atom. The molecule has 10 heteroatoms. The van der Waals surface area contributed by atoms with Crippen LogP contribution in [-0.2, 0) is 38.1 Å². The molecule has 8 nitrogen and oxygen atoms in total. The van der Waals surface area contributed by atoms with E-state index in [1.54, 1.807) is 38.1 Å². The minimum atomic E-state index is -4.22. The summed E-state index contributed by atoms with van der Waals surface area (Å²) < 4.78 is 73.3. The molecule has 4 atom stereocenters. The van der Waals surface area contributed by atoms with Crippen molar-refractivity contribution in [3.63, 3.8) is 0 Å². The van der Waals surface area contributed by atoms with Gasteiger partial charge in [-0.3, -0.25) is 8.37 Å². The molecule has 1 fully saturated rings. The van der Waals surface area contributed by atoms with Crippen LogP contribution in [-0.4, -0.2) is 48.0 Å². The topological polar surface area (TPSA) is 105 Å². The van der Waals surface area contributed by atoms with Gasteiger partial charge in [-0.05, 0) is 52.0 Å². The molecule has 4 unspecified atom stereocenters. The summed E-state index contributed by atoms with van der Waals surface area (Å²) in [4.78, 5) is -0.105. The van der Waals surface area contributed by atoms with Crippen molar-refractivity contribution in [2.75, 3.05) is 6.79 Å². The molecule has 0 saturated carbocycles. The molecule has 1 aliphatic rings. The summed E-state index contributed by atoms with van der Waals surface area (Å²) >= 11 is 0. The molecule has 0 N–H and O–H groups in total. The van der Waals surface area contributed by atoms with Crippen LogP contribution in [0, 0.1) is 13.8 Å². The second kappa shape index (κ2) is 9.35. The fraction of sp³-hybridized carbons (Fsp3) is 0.429. The third kappa shape index (κ3) is 5.71. The first-order valence-corrected chi connectivity index (χ1v) is 12.5. The van der Waals surface area contributed by atoms with Crippen LogP contribution < -0.4 is 0 Å². The molecule has 170 valence electrons. The quantitative estimate of drug-likeness (QED) is 0.594. The largest absolute Gasteiger partial charge is 0.350 e. The maximum atomic E-state index is 12.9. The molecule has 1 aliphatic heterocycles. The molecule has 0 amide bonds. The van der Waals surface area contributed by atoms with Crippen molar-refractivity contribution in [2.24, 2.45) is 0 Å². The van der Waals surface area contributed by atoms with Crippen LogP contribution >= 0.6 is 0 Å². The summed E-state index contributed by atoms with van der Waals surface area (Å²) in [6.07, 6.45) is -4.15. The standard InChI is InChI=1S/C21H26O8S2/c1-14-5-9-18(10-6-14)30(22,23)28-20-16(3)26-13-27-17(4)21(20)29-31(24,25)19-11-7-15(2)8-12-19/h5-12,16-17,20-21H,13H2,1-4H3. The van der Waals surface area contributed by atoms with Gasteiger partial charge in [-0.2, -0.15) is 16.8 Å². The van der Waals surface area contributed by atoms with Crippen molar-refractivity contribution in [2.45, 2.75) is 61.9 Å². The number of rotatable bonds is 6. The Labute approximate surface area is 183 Å². The summed E-state index contributed by atoms with van der Waals surface area (Å²) in [5, 5.41) is 0. The van der Waals surface area contributed by atoms with Crippen molar-refractivity contribution >= 4 is 20.2 Å². The number of aryl methyl sites for hydroxylation is 2. The third-order valence-electron chi connectivity index (χ3n) is 5.01. The predicted octanol–water partition coefficient (Wildman–Crippen LogP) is 2.93. The fourth-order valence-corrected chi connectivity index (χ4v) is 5.34. The Morgan fingerprint density at radius 2 is 1.00 bits per heavy atom. The first-order chi connectivity index (χ1) is 14.5. The Bertz CT molecular complexity index is 1000. The van der Waals surface area contributed by atoms with Crippen LogP contribution in [0.5, 0.6) is 0 Å². The van der Waals surface area contributed by atoms with Gasteiger partial charge in [0, 0.05) is 0 Å². The Balaban J connectivity index is 1.93. The highest BCUT2D eigenvalue weighted by molar-refractivity contribution is 7.87. The van der Waals surface area contributed by atoms with Crippen molar-refractivity contribution in [3.05, 3.63) is 59.7 Å². The second-order valence-electron chi connectivity index (χ2n) is 7.52. The van der Waals surface area contributed by atoms with Crippen molar-refractivity contribution in [1.82, 2.24) is 0 Å². The molecule has 0 spiro atoms. The van der Waals surface area contributed by atoms with Crippen molar-refractivity contribution < 1.29 is 34.7 Å². The van der Waals surface area contributed by atoms with Gasteiger partial charge in [-0.25, -0.2) is 0 Å². The van der Waals surface area contributed by atoms with Crippen molar-refractivity contribution in [3.8, 4) is 0 Å². The smallest absolute Gasteiger partial charge is 0.297 e. The van der Waals surface area contributed by atoms with Crippen LogP contribution in [0.25, 0.3) is 0 Å². The lowest BCUT2D eigenvalue weighted by molar-refractivity contribution is -0.0948. The fourth-order valence-electron chi connectivity index (χ4n) is 3.06. The van der Waals surface area contributed by atoms with E-state index in [9.17, 15) is 16.8 Å². The van der Waals surface area contributed by atoms with Gasteiger partial charge in [-0.15, -0.1) is 0 Å². The van der Waals surface area contributed by atoms with E-state index < -0.39 is 44.7 Å². The van der Waals surface area contributed by atoms with Gasteiger partial charge in [0.1, 0.15) is 19.0 Å². The Kier molecular flexibility index (Phi) is 7.19. The molecule has 31 heavy (non-hydrogen) atoms. The zero-order chi connectivity index (χ0) is 22.8. The lowest BCUT2D eigenvalue weighted by Crippen LogP contribution is -2.46. The normalized spacial score (nSPS) is 25.2. The molecule has 1 heterocycles. The zero-order valence-corrected chi connectivity index (χ0v) is 19.4.